The molecule has 2 N–H and O–H groups in total. The normalized spacial score (nSPS) is 19.5. The third-order valence-corrected chi connectivity index (χ3v) is 3.09. The minimum atomic E-state index is -1.16. The van der Waals surface area contributed by atoms with Crippen LogP contribution in [-0.2, 0) is 9.59 Å². The number of β-lactam (4-membered cyclic amide) rings is 1. The molecule has 0 aromatic heterocycles. The highest BCUT2D eigenvalue weighted by Crippen LogP contribution is 2.21. The van der Waals surface area contributed by atoms with Gasteiger partial charge in [-0.25, -0.2) is 14.5 Å². The molecule has 1 aliphatic heterocycles. The fourth-order valence-corrected chi connectivity index (χ4v) is 1.95. The van der Waals surface area contributed by atoms with Crippen molar-refractivity contribution < 1.29 is 19.5 Å². The first kappa shape index (κ1) is 13.1. The molecule has 3 amide bonds. The van der Waals surface area contributed by atoms with E-state index >= 15 is 0 Å². The zero-order valence-corrected chi connectivity index (χ0v) is 10.4. The molecule has 0 aliphatic carbocycles. The van der Waals surface area contributed by atoms with Crippen molar-refractivity contribution in [1.82, 2.24) is 10.2 Å². The number of rotatable bonds is 3. The molecule has 1 saturated heterocycles. The number of aliphatic carboxylic acids is 1. The number of carbonyl (C=O) groups is 3. The summed E-state index contributed by atoms with van der Waals surface area (Å²) >= 11 is 0. The molecule has 6 nitrogen and oxygen atoms in total. The highest BCUT2D eigenvalue weighted by molar-refractivity contribution is 6.05. The Hall–Kier alpha value is -2.37. The van der Waals surface area contributed by atoms with E-state index in [0.717, 1.165) is 10.5 Å². The van der Waals surface area contributed by atoms with Gasteiger partial charge in [-0.1, -0.05) is 30.3 Å². The summed E-state index contributed by atoms with van der Waals surface area (Å²) < 4.78 is 0. The molecule has 2 atom stereocenters. The van der Waals surface area contributed by atoms with Crippen LogP contribution in [0.15, 0.2) is 30.3 Å². The predicted octanol–water partition coefficient (Wildman–Crippen LogP) is 1.14. The second-order valence-electron chi connectivity index (χ2n) is 4.40. The van der Waals surface area contributed by atoms with E-state index in [1.54, 1.807) is 6.92 Å². The Bertz CT molecular complexity index is 515. The van der Waals surface area contributed by atoms with Gasteiger partial charge in [0.25, 0.3) is 0 Å². The number of amides is 3. The first-order chi connectivity index (χ1) is 9.00. The van der Waals surface area contributed by atoms with Gasteiger partial charge in [-0.2, -0.15) is 0 Å². The summed E-state index contributed by atoms with van der Waals surface area (Å²) in [6.45, 7) is 1.77. The maximum absolute atomic E-state index is 11.9. The number of carbonyl (C=O) groups excluding carboxylic acids is 2. The largest absolute Gasteiger partial charge is 0.480 e. The van der Waals surface area contributed by atoms with Crippen LogP contribution < -0.4 is 5.32 Å². The number of imide groups is 1. The minimum absolute atomic E-state index is 0.123. The van der Waals surface area contributed by atoms with Crippen molar-refractivity contribution in [2.75, 3.05) is 0 Å². The van der Waals surface area contributed by atoms with Gasteiger partial charge in [0.05, 0.1) is 12.5 Å². The van der Waals surface area contributed by atoms with Gasteiger partial charge in [-0.15, -0.1) is 0 Å². The molecule has 0 bridgehead atoms. The fourth-order valence-electron chi connectivity index (χ4n) is 1.95. The van der Waals surface area contributed by atoms with E-state index in [0.29, 0.717) is 0 Å². The Morgan fingerprint density at radius 1 is 1.37 bits per heavy atom. The van der Waals surface area contributed by atoms with Crippen LogP contribution in [0.5, 0.6) is 0 Å². The molecule has 0 saturated carbocycles. The Morgan fingerprint density at radius 2 is 2.00 bits per heavy atom. The van der Waals surface area contributed by atoms with Crippen LogP contribution in [-0.4, -0.2) is 34.0 Å². The van der Waals surface area contributed by atoms with Gasteiger partial charge in [0.1, 0.15) is 6.04 Å². The lowest BCUT2D eigenvalue weighted by Gasteiger charge is -2.36. The van der Waals surface area contributed by atoms with E-state index < -0.39 is 23.9 Å². The first-order valence-corrected chi connectivity index (χ1v) is 5.91. The van der Waals surface area contributed by atoms with E-state index in [-0.39, 0.29) is 12.5 Å². The van der Waals surface area contributed by atoms with Crippen LogP contribution >= 0.6 is 0 Å². The Kier molecular flexibility index (Phi) is 3.50. The van der Waals surface area contributed by atoms with Crippen molar-refractivity contribution in [1.29, 1.82) is 0 Å². The Morgan fingerprint density at radius 3 is 2.53 bits per heavy atom. The Balaban J connectivity index is 2.01. The number of urea groups is 1. The summed E-state index contributed by atoms with van der Waals surface area (Å²) in [5, 5.41) is 11.5. The lowest BCUT2D eigenvalue weighted by Crippen LogP contribution is -2.61. The summed E-state index contributed by atoms with van der Waals surface area (Å²) in [5.74, 6) is -1.63. The third-order valence-electron chi connectivity index (χ3n) is 3.09. The molecule has 1 aromatic carbocycles. The van der Waals surface area contributed by atoms with Crippen molar-refractivity contribution in [2.45, 2.75) is 25.4 Å². The number of carboxylic acid groups (broad SMARTS) is 1. The van der Waals surface area contributed by atoms with Crippen LogP contribution in [0, 0.1) is 0 Å². The van der Waals surface area contributed by atoms with Gasteiger partial charge < -0.3 is 10.4 Å². The number of likely N-dealkylation sites (tertiary alicyclic amines) is 1. The van der Waals surface area contributed by atoms with Crippen molar-refractivity contribution in [3.8, 4) is 0 Å². The van der Waals surface area contributed by atoms with Gasteiger partial charge >= 0.3 is 12.0 Å². The number of carboxylic acids is 1. The van der Waals surface area contributed by atoms with E-state index in [1.807, 2.05) is 30.3 Å². The third kappa shape index (κ3) is 2.57. The lowest BCUT2D eigenvalue weighted by atomic mass is 10.0. The summed E-state index contributed by atoms with van der Waals surface area (Å²) in [5.41, 5.74) is 0.885. The highest BCUT2D eigenvalue weighted by atomic mass is 16.4. The number of nitrogens with zero attached hydrogens (tertiary/aromatic N) is 1. The molecular formula is C13H14N2O4. The summed E-state index contributed by atoms with van der Waals surface area (Å²) in [6.07, 6.45) is -0.123. The van der Waals surface area contributed by atoms with Crippen LogP contribution in [0.2, 0.25) is 0 Å². The average Bonchev–Trinajstić information content (AvgIpc) is 2.36. The van der Waals surface area contributed by atoms with Crippen molar-refractivity contribution in [2.24, 2.45) is 0 Å². The smallest absolute Gasteiger partial charge is 0.327 e. The van der Waals surface area contributed by atoms with Crippen molar-refractivity contribution in [3.63, 3.8) is 0 Å². The minimum Gasteiger partial charge on any atom is -0.480 e. The summed E-state index contributed by atoms with van der Waals surface area (Å²) in [4.78, 5) is 34.7. The average molecular weight is 262 g/mol. The van der Waals surface area contributed by atoms with E-state index in [4.69, 9.17) is 5.11 Å². The molecule has 0 radical (unpaired) electrons. The van der Waals surface area contributed by atoms with Gasteiger partial charge in [0.2, 0.25) is 5.91 Å². The molecule has 1 aromatic rings. The van der Waals surface area contributed by atoms with Crippen LogP contribution in [0.1, 0.15) is 24.9 Å². The van der Waals surface area contributed by atoms with Gasteiger partial charge in [0.15, 0.2) is 0 Å². The molecule has 6 heteroatoms. The standard InChI is InChI=1S/C13H14N2O4/c1-8(9-5-3-2-4-6-9)14-13(19)15-10(12(17)18)7-11(15)16/h2-6,8,10H,7H2,1H3,(H,14,19)(H,17,18). The molecule has 2 rings (SSSR count). The maximum Gasteiger partial charge on any atom is 0.327 e. The number of hydrogen-bond acceptors (Lipinski definition) is 3. The zero-order valence-electron chi connectivity index (χ0n) is 10.4. The van der Waals surface area contributed by atoms with Crippen LogP contribution in [0.3, 0.4) is 0 Å². The van der Waals surface area contributed by atoms with Gasteiger partial charge in [-0.3, -0.25) is 4.79 Å². The molecule has 100 valence electrons. The predicted molar refractivity (Wildman–Crippen MR) is 66.3 cm³/mol. The zero-order chi connectivity index (χ0) is 14.0. The lowest BCUT2D eigenvalue weighted by molar-refractivity contribution is -0.157. The molecule has 2 unspecified atom stereocenters. The maximum atomic E-state index is 11.9. The van der Waals surface area contributed by atoms with Crippen LogP contribution in [0.4, 0.5) is 4.79 Å². The number of nitrogens with one attached hydrogen (secondary N) is 1. The van der Waals surface area contributed by atoms with Gasteiger partial charge in [-0.05, 0) is 12.5 Å². The number of hydrogen-bond donors (Lipinski definition) is 2. The molecule has 19 heavy (non-hydrogen) atoms. The summed E-state index contributed by atoms with van der Waals surface area (Å²) in [6, 6.07) is 7.22. The SMILES string of the molecule is CC(NC(=O)N1C(=O)CC1C(=O)O)c1ccccc1. The molecule has 1 heterocycles. The second kappa shape index (κ2) is 5.09. The second-order valence-corrected chi connectivity index (χ2v) is 4.40. The first-order valence-electron chi connectivity index (χ1n) is 5.91. The van der Waals surface area contributed by atoms with Gasteiger partial charge in [0, 0.05) is 0 Å². The topological polar surface area (TPSA) is 86.7 Å². The molecule has 0 spiro atoms. The quantitative estimate of drug-likeness (QED) is 0.800. The molecule has 1 aliphatic rings. The molecule has 1 fully saturated rings. The Labute approximate surface area is 110 Å². The summed E-state index contributed by atoms with van der Waals surface area (Å²) in [7, 11) is 0. The highest BCUT2D eigenvalue weighted by Gasteiger charge is 2.45. The van der Waals surface area contributed by atoms with E-state index in [9.17, 15) is 14.4 Å². The van der Waals surface area contributed by atoms with E-state index in [1.165, 1.54) is 0 Å². The monoisotopic (exact) mass is 262 g/mol. The van der Waals surface area contributed by atoms with Crippen molar-refractivity contribution >= 4 is 17.9 Å². The van der Waals surface area contributed by atoms with E-state index in [2.05, 4.69) is 5.32 Å². The van der Waals surface area contributed by atoms with Crippen LogP contribution in [0.25, 0.3) is 0 Å². The number of benzene rings is 1. The molecular weight excluding hydrogens is 248 g/mol. The van der Waals surface area contributed by atoms with Crippen molar-refractivity contribution in [3.05, 3.63) is 35.9 Å². The fraction of sp³-hybridized carbons (Fsp3) is 0.308.